The molecule has 3 aromatic rings. The molecule has 7 heteroatoms. The van der Waals surface area contributed by atoms with E-state index in [1.807, 2.05) is 48.7 Å². The smallest absolute Gasteiger partial charge is 0.319 e. The van der Waals surface area contributed by atoms with Gasteiger partial charge in [-0.3, -0.25) is 5.10 Å². The van der Waals surface area contributed by atoms with E-state index in [4.69, 9.17) is 0 Å². The Morgan fingerprint density at radius 2 is 2.23 bits per heavy atom. The molecule has 0 saturated carbocycles. The van der Waals surface area contributed by atoms with Gasteiger partial charge in [-0.15, -0.1) is 11.3 Å². The summed E-state index contributed by atoms with van der Waals surface area (Å²) in [5, 5.41) is 14.5. The molecule has 0 bridgehead atoms. The first-order valence-electron chi connectivity index (χ1n) is 6.77. The number of aryl methyl sites for hydroxylation is 1. The number of aromatic nitrogens is 3. The Morgan fingerprint density at radius 3 is 2.95 bits per heavy atom. The van der Waals surface area contributed by atoms with Gasteiger partial charge < -0.3 is 10.6 Å². The van der Waals surface area contributed by atoms with Crippen LogP contribution in [0.25, 0.3) is 11.4 Å². The molecule has 2 aromatic heterocycles. The van der Waals surface area contributed by atoms with Crippen molar-refractivity contribution in [2.75, 3.05) is 5.32 Å². The van der Waals surface area contributed by atoms with E-state index < -0.39 is 0 Å². The summed E-state index contributed by atoms with van der Waals surface area (Å²) in [4.78, 5) is 17.3. The van der Waals surface area contributed by atoms with Gasteiger partial charge in [-0.05, 0) is 30.5 Å². The molecule has 22 heavy (non-hydrogen) atoms. The summed E-state index contributed by atoms with van der Waals surface area (Å²) in [6.07, 6.45) is 0. The summed E-state index contributed by atoms with van der Waals surface area (Å²) >= 11 is 1.61. The van der Waals surface area contributed by atoms with Crippen LogP contribution in [0, 0.1) is 6.92 Å². The number of carbonyl (C=O) groups is 1. The number of amides is 2. The summed E-state index contributed by atoms with van der Waals surface area (Å²) in [6.45, 7) is 2.36. The minimum atomic E-state index is -0.239. The predicted molar refractivity (Wildman–Crippen MR) is 86.7 cm³/mol. The highest BCUT2D eigenvalue weighted by atomic mass is 32.1. The molecule has 2 amide bonds. The molecule has 112 valence electrons. The number of thiophene rings is 1. The van der Waals surface area contributed by atoms with Crippen molar-refractivity contribution in [3.8, 4) is 11.4 Å². The molecule has 6 nitrogen and oxygen atoms in total. The number of H-pyrrole nitrogens is 1. The number of nitrogens with zero attached hydrogens (tertiary/aromatic N) is 2. The highest BCUT2D eigenvalue weighted by molar-refractivity contribution is 7.09. The van der Waals surface area contributed by atoms with Gasteiger partial charge in [0.1, 0.15) is 5.82 Å². The SMILES string of the molecule is Cc1nc(-c2cccc(NC(=O)NCc3cccs3)c2)n[nH]1. The van der Waals surface area contributed by atoms with Crippen LogP contribution in [-0.2, 0) is 6.54 Å². The lowest BCUT2D eigenvalue weighted by Gasteiger charge is -2.07. The van der Waals surface area contributed by atoms with E-state index in [0.717, 1.165) is 16.3 Å². The summed E-state index contributed by atoms with van der Waals surface area (Å²) in [7, 11) is 0. The van der Waals surface area contributed by atoms with E-state index in [0.29, 0.717) is 18.1 Å². The Balaban J connectivity index is 1.63. The molecule has 2 heterocycles. The minimum Gasteiger partial charge on any atom is -0.333 e. The third-order valence-electron chi connectivity index (χ3n) is 2.98. The van der Waals surface area contributed by atoms with Crippen molar-refractivity contribution >= 4 is 23.1 Å². The third kappa shape index (κ3) is 3.50. The fourth-order valence-electron chi connectivity index (χ4n) is 1.96. The van der Waals surface area contributed by atoms with Gasteiger partial charge in [-0.25, -0.2) is 9.78 Å². The predicted octanol–water partition coefficient (Wildman–Crippen LogP) is 3.16. The van der Waals surface area contributed by atoms with Crippen molar-refractivity contribution in [2.45, 2.75) is 13.5 Å². The van der Waals surface area contributed by atoms with E-state index >= 15 is 0 Å². The van der Waals surface area contributed by atoms with Crippen molar-refractivity contribution in [3.05, 3.63) is 52.5 Å². The van der Waals surface area contributed by atoms with Crippen molar-refractivity contribution in [1.82, 2.24) is 20.5 Å². The number of aromatic amines is 1. The molecular formula is C15H15N5OS. The van der Waals surface area contributed by atoms with E-state index in [-0.39, 0.29) is 6.03 Å². The number of rotatable bonds is 4. The van der Waals surface area contributed by atoms with Gasteiger partial charge in [-0.2, -0.15) is 5.10 Å². The van der Waals surface area contributed by atoms with Gasteiger partial charge in [0.05, 0.1) is 6.54 Å². The molecule has 1 aromatic carbocycles. The standard InChI is InChI=1S/C15H15N5OS/c1-10-17-14(20-19-10)11-4-2-5-12(8-11)18-15(21)16-9-13-6-3-7-22-13/h2-8H,9H2,1H3,(H2,16,18,21)(H,17,19,20). The second-order valence-corrected chi connectivity index (χ2v) is 5.74. The van der Waals surface area contributed by atoms with E-state index in [9.17, 15) is 4.79 Å². The van der Waals surface area contributed by atoms with Crippen LogP contribution in [0.3, 0.4) is 0 Å². The lowest BCUT2D eigenvalue weighted by Crippen LogP contribution is -2.27. The third-order valence-corrected chi connectivity index (χ3v) is 3.86. The Labute approximate surface area is 131 Å². The fourth-order valence-corrected chi connectivity index (χ4v) is 2.61. The van der Waals surface area contributed by atoms with Gasteiger partial charge in [0, 0.05) is 16.1 Å². The van der Waals surface area contributed by atoms with Crippen LogP contribution in [0.2, 0.25) is 0 Å². The van der Waals surface area contributed by atoms with Crippen LogP contribution in [0.4, 0.5) is 10.5 Å². The molecule has 3 rings (SSSR count). The topological polar surface area (TPSA) is 82.7 Å². The molecule has 0 fully saturated rings. The van der Waals surface area contributed by atoms with Gasteiger partial charge in [0.25, 0.3) is 0 Å². The largest absolute Gasteiger partial charge is 0.333 e. The number of nitrogens with one attached hydrogen (secondary N) is 3. The van der Waals surface area contributed by atoms with Crippen LogP contribution in [-0.4, -0.2) is 21.2 Å². The molecule has 0 aliphatic carbocycles. The first-order chi connectivity index (χ1) is 10.7. The maximum Gasteiger partial charge on any atom is 0.319 e. The molecule has 3 N–H and O–H groups in total. The number of hydrogen-bond donors (Lipinski definition) is 3. The Bertz CT molecular complexity index is 766. The summed E-state index contributed by atoms with van der Waals surface area (Å²) in [5.41, 5.74) is 1.55. The lowest BCUT2D eigenvalue weighted by atomic mass is 10.2. The number of carbonyl (C=O) groups excluding carboxylic acids is 1. The number of hydrogen-bond acceptors (Lipinski definition) is 4. The average Bonchev–Trinajstić information content (AvgIpc) is 3.17. The molecule has 0 aliphatic rings. The maximum atomic E-state index is 11.9. The first kappa shape index (κ1) is 14.3. The molecule has 0 saturated heterocycles. The van der Waals surface area contributed by atoms with Crippen LogP contribution in [0.1, 0.15) is 10.7 Å². The van der Waals surface area contributed by atoms with Gasteiger partial charge in [0.2, 0.25) is 0 Å². The van der Waals surface area contributed by atoms with Crippen LogP contribution in [0.15, 0.2) is 41.8 Å². The second kappa shape index (κ2) is 6.40. The maximum absolute atomic E-state index is 11.9. The van der Waals surface area contributed by atoms with E-state index in [1.54, 1.807) is 11.3 Å². The summed E-state index contributed by atoms with van der Waals surface area (Å²) in [5.74, 6) is 1.36. The van der Waals surface area contributed by atoms with E-state index in [1.165, 1.54) is 0 Å². The molecule has 0 radical (unpaired) electrons. The Morgan fingerprint density at radius 1 is 1.32 bits per heavy atom. The molecule has 0 unspecified atom stereocenters. The van der Waals surface area contributed by atoms with Gasteiger partial charge in [0.15, 0.2) is 5.82 Å². The van der Waals surface area contributed by atoms with Gasteiger partial charge >= 0.3 is 6.03 Å². The highest BCUT2D eigenvalue weighted by Gasteiger charge is 2.06. The zero-order valence-corrected chi connectivity index (χ0v) is 12.8. The molecule has 0 spiro atoms. The lowest BCUT2D eigenvalue weighted by molar-refractivity contribution is 0.252. The van der Waals surface area contributed by atoms with Crippen molar-refractivity contribution in [1.29, 1.82) is 0 Å². The monoisotopic (exact) mass is 313 g/mol. The average molecular weight is 313 g/mol. The second-order valence-electron chi connectivity index (χ2n) is 4.71. The number of urea groups is 1. The highest BCUT2D eigenvalue weighted by Crippen LogP contribution is 2.19. The van der Waals surface area contributed by atoms with Crippen molar-refractivity contribution in [3.63, 3.8) is 0 Å². The first-order valence-corrected chi connectivity index (χ1v) is 7.65. The zero-order chi connectivity index (χ0) is 15.4. The summed E-state index contributed by atoms with van der Waals surface area (Å²) in [6, 6.07) is 11.1. The molecule has 0 aliphatic heterocycles. The minimum absolute atomic E-state index is 0.239. The fraction of sp³-hybridized carbons (Fsp3) is 0.133. The molecule has 0 atom stereocenters. The normalized spacial score (nSPS) is 10.4. The van der Waals surface area contributed by atoms with Crippen molar-refractivity contribution in [2.24, 2.45) is 0 Å². The van der Waals surface area contributed by atoms with Gasteiger partial charge in [-0.1, -0.05) is 18.2 Å². The number of anilines is 1. The number of benzene rings is 1. The quantitative estimate of drug-likeness (QED) is 0.692. The Hall–Kier alpha value is -2.67. The van der Waals surface area contributed by atoms with Crippen LogP contribution < -0.4 is 10.6 Å². The zero-order valence-electron chi connectivity index (χ0n) is 12.0. The summed E-state index contributed by atoms with van der Waals surface area (Å²) < 4.78 is 0. The van der Waals surface area contributed by atoms with E-state index in [2.05, 4.69) is 25.8 Å². The van der Waals surface area contributed by atoms with Crippen LogP contribution in [0.5, 0.6) is 0 Å². The molecular weight excluding hydrogens is 298 g/mol. The Kier molecular flexibility index (Phi) is 4.15. The van der Waals surface area contributed by atoms with Crippen molar-refractivity contribution < 1.29 is 4.79 Å². The van der Waals surface area contributed by atoms with Crippen LogP contribution >= 0.6 is 11.3 Å².